The van der Waals surface area contributed by atoms with Crippen molar-refractivity contribution in [1.29, 1.82) is 0 Å². The predicted octanol–water partition coefficient (Wildman–Crippen LogP) is 1.58. The quantitative estimate of drug-likeness (QED) is 0.751. The van der Waals surface area contributed by atoms with Crippen molar-refractivity contribution in [1.82, 2.24) is 4.90 Å². The normalized spacial score (nSPS) is 11.1. The van der Waals surface area contributed by atoms with Crippen molar-refractivity contribution in [3.63, 3.8) is 0 Å². The molecule has 13 heavy (non-hydrogen) atoms. The minimum absolute atomic E-state index is 0.561. The van der Waals surface area contributed by atoms with Crippen molar-refractivity contribution in [2.75, 3.05) is 13.6 Å². The van der Waals surface area contributed by atoms with Crippen LogP contribution in [0.4, 0.5) is 0 Å². The number of rotatable bonds is 5. The predicted molar refractivity (Wildman–Crippen MR) is 53.2 cm³/mol. The lowest BCUT2D eigenvalue weighted by atomic mass is 10.2. The monoisotopic (exact) mass is 182 g/mol. The van der Waals surface area contributed by atoms with E-state index in [9.17, 15) is 0 Å². The molecule has 3 heteroatoms. The van der Waals surface area contributed by atoms with Crippen molar-refractivity contribution in [2.24, 2.45) is 5.73 Å². The number of hydrogen-bond donors (Lipinski definition) is 1. The van der Waals surface area contributed by atoms with Gasteiger partial charge in [0.05, 0.1) is 12.8 Å². The zero-order valence-corrected chi connectivity index (χ0v) is 8.42. The number of nitrogens with zero attached hydrogens (tertiary/aromatic N) is 1. The average molecular weight is 182 g/mol. The fourth-order valence-corrected chi connectivity index (χ4v) is 1.39. The smallest absolute Gasteiger partial charge is 0.122 e. The molecular weight excluding hydrogens is 164 g/mol. The summed E-state index contributed by atoms with van der Waals surface area (Å²) in [5.74, 6) is 0.999. The van der Waals surface area contributed by atoms with Crippen LogP contribution < -0.4 is 5.73 Å². The van der Waals surface area contributed by atoms with Crippen molar-refractivity contribution >= 4 is 0 Å². The summed E-state index contributed by atoms with van der Waals surface area (Å²) < 4.78 is 5.35. The van der Waals surface area contributed by atoms with E-state index in [1.54, 1.807) is 6.26 Å². The van der Waals surface area contributed by atoms with Crippen LogP contribution in [0.3, 0.4) is 0 Å². The third-order valence-corrected chi connectivity index (χ3v) is 2.08. The molecule has 0 bridgehead atoms. The van der Waals surface area contributed by atoms with Crippen molar-refractivity contribution in [2.45, 2.75) is 26.4 Å². The molecule has 0 aliphatic carbocycles. The van der Waals surface area contributed by atoms with Gasteiger partial charge in [-0.05, 0) is 26.1 Å². The van der Waals surface area contributed by atoms with Gasteiger partial charge in [0.1, 0.15) is 5.76 Å². The Morgan fingerprint density at radius 1 is 1.54 bits per heavy atom. The molecule has 74 valence electrons. The molecule has 1 aromatic rings. The van der Waals surface area contributed by atoms with Crippen LogP contribution in [0.25, 0.3) is 0 Å². The van der Waals surface area contributed by atoms with Crippen LogP contribution in [-0.2, 0) is 13.1 Å². The van der Waals surface area contributed by atoms with Gasteiger partial charge in [0.2, 0.25) is 0 Å². The molecule has 0 aliphatic rings. The molecule has 0 aromatic carbocycles. The van der Waals surface area contributed by atoms with E-state index in [-0.39, 0.29) is 0 Å². The van der Waals surface area contributed by atoms with Crippen molar-refractivity contribution < 1.29 is 4.42 Å². The zero-order chi connectivity index (χ0) is 9.68. The molecule has 1 rings (SSSR count). The van der Waals surface area contributed by atoms with E-state index in [4.69, 9.17) is 10.2 Å². The van der Waals surface area contributed by atoms with E-state index in [0.29, 0.717) is 6.54 Å². The van der Waals surface area contributed by atoms with Gasteiger partial charge >= 0.3 is 0 Å². The zero-order valence-electron chi connectivity index (χ0n) is 8.42. The van der Waals surface area contributed by atoms with Crippen LogP contribution in [0.2, 0.25) is 0 Å². The minimum atomic E-state index is 0.561. The Morgan fingerprint density at radius 3 is 2.92 bits per heavy atom. The molecule has 1 aromatic heterocycles. The Morgan fingerprint density at radius 2 is 2.31 bits per heavy atom. The lowest BCUT2D eigenvalue weighted by molar-refractivity contribution is 0.294. The van der Waals surface area contributed by atoms with Crippen LogP contribution >= 0.6 is 0 Å². The molecule has 0 saturated carbocycles. The van der Waals surface area contributed by atoms with Crippen molar-refractivity contribution in [3.8, 4) is 0 Å². The van der Waals surface area contributed by atoms with E-state index in [1.165, 1.54) is 0 Å². The topological polar surface area (TPSA) is 42.4 Å². The van der Waals surface area contributed by atoms with Gasteiger partial charge in [0.15, 0.2) is 0 Å². The second kappa shape index (κ2) is 5.04. The van der Waals surface area contributed by atoms with Crippen LogP contribution in [0, 0.1) is 0 Å². The molecule has 0 fully saturated rings. The molecule has 0 atom stereocenters. The summed E-state index contributed by atoms with van der Waals surface area (Å²) in [4.78, 5) is 2.23. The number of hydrogen-bond acceptors (Lipinski definition) is 3. The van der Waals surface area contributed by atoms with E-state index >= 15 is 0 Å². The SMILES string of the molecule is CCCN(C)Cc1occc1CN. The molecule has 2 N–H and O–H groups in total. The van der Waals surface area contributed by atoms with Crippen LogP contribution in [0.1, 0.15) is 24.7 Å². The van der Waals surface area contributed by atoms with Gasteiger partial charge < -0.3 is 10.2 Å². The van der Waals surface area contributed by atoms with Gasteiger partial charge in [-0.2, -0.15) is 0 Å². The lowest BCUT2D eigenvalue weighted by Gasteiger charge is -2.14. The summed E-state index contributed by atoms with van der Waals surface area (Å²) in [6.45, 7) is 4.67. The van der Waals surface area contributed by atoms with E-state index in [2.05, 4.69) is 18.9 Å². The highest BCUT2D eigenvalue weighted by Crippen LogP contribution is 2.11. The van der Waals surface area contributed by atoms with Gasteiger partial charge in [-0.25, -0.2) is 0 Å². The average Bonchev–Trinajstić information content (AvgIpc) is 2.52. The first kappa shape index (κ1) is 10.3. The Labute approximate surface area is 79.5 Å². The summed E-state index contributed by atoms with van der Waals surface area (Å²) in [6, 6.07) is 1.94. The molecular formula is C10H18N2O. The highest BCUT2D eigenvalue weighted by Gasteiger charge is 2.06. The molecule has 1 heterocycles. The highest BCUT2D eigenvalue weighted by molar-refractivity contribution is 5.16. The van der Waals surface area contributed by atoms with Crippen molar-refractivity contribution in [3.05, 3.63) is 23.7 Å². The van der Waals surface area contributed by atoms with Gasteiger partial charge in [-0.3, -0.25) is 4.90 Å². The van der Waals surface area contributed by atoms with E-state index in [0.717, 1.165) is 30.8 Å². The fraction of sp³-hybridized carbons (Fsp3) is 0.600. The molecule has 0 radical (unpaired) electrons. The maximum Gasteiger partial charge on any atom is 0.122 e. The van der Waals surface area contributed by atoms with Crippen LogP contribution in [0.5, 0.6) is 0 Å². The summed E-state index contributed by atoms with van der Waals surface area (Å²) in [6.07, 6.45) is 2.87. The summed E-state index contributed by atoms with van der Waals surface area (Å²) in [5.41, 5.74) is 6.68. The molecule has 0 aliphatic heterocycles. The van der Waals surface area contributed by atoms with Gasteiger partial charge in [0, 0.05) is 12.1 Å². The van der Waals surface area contributed by atoms with Gasteiger partial charge in [-0.15, -0.1) is 0 Å². The lowest BCUT2D eigenvalue weighted by Crippen LogP contribution is -2.19. The second-order valence-electron chi connectivity index (χ2n) is 3.31. The fourth-order valence-electron chi connectivity index (χ4n) is 1.39. The third-order valence-electron chi connectivity index (χ3n) is 2.08. The Balaban J connectivity index is 2.52. The summed E-state index contributed by atoms with van der Waals surface area (Å²) in [5, 5.41) is 0. The van der Waals surface area contributed by atoms with Gasteiger partial charge in [0.25, 0.3) is 0 Å². The van der Waals surface area contributed by atoms with E-state index < -0.39 is 0 Å². The molecule has 0 unspecified atom stereocenters. The standard InChI is InChI=1S/C10H18N2O/c1-3-5-12(2)8-10-9(7-11)4-6-13-10/h4,6H,3,5,7-8,11H2,1-2H3. The first-order valence-electron chi connectivity index (χ1n) is 4.71. The second-order valence-corrected chi connectivity index (χ2v) is 3.31. The molecule has 3 nitrogen and oxygen atoms in total. The van der Waals surface area contributed by atoms with Crippen LogP contribution in [0.15, 0.2) is 16.7 Å². The Hall–Kier alpha value is -0.800. The Bertz CT molecular complexity index is 245. The highest BCUT2D eigenvalue weighted by atomic mass is 16.3. The first-order chi connectivity index (χ1) is 6.27. The number of furan rings is 1. The minimum Gasteiger partial charge on any atom is -0.468 e. The van der Waals surface area contributed by atoms with Crippen LogP contribution in [-0.4, -0.2) is 18.5 Å². The van der Waals surface area contributed by atoms with E-state index in [1.807, 2.05) is 6.07 Å². The third kappa shape index (κ3) is 2.86. The maximum absolute atomic E-state index is 5.57. The maximum atomic E-state index is 5.57. The molecule has 0 saturated heterocycles. The first-order valence-corrected chi connectivity index (χ1v) is 4.71. The van der Waals surface area contributed by atoms with Gasteiger partial charge in [-0.1, -0.05) is 6.92 Å². The largest absolute Gasteiger partial charge is 0.468 e. The number of nitrogens with two attached hydrogens (primary N) is 1. The molecule has 0 spiro atoms. The summed E-state index contributed by atoms with van der Waals surface area (Å²) >= 11 is 0. The Kier molecular flexibility index (Phi) is 3.99. The molecule has 0 amide bonds. The summed E-state index contributed by atoms with van der Waals surface area (Å²) in [7, 11) is 2.09.